The van der Waals surface area contributed by atoms with Crippen LogP contribution in [-0.2, 0) is 31.1 Å². The molecule has 4 rings (SSSR count). The summed E-state index contributed by atoms with van der Waals surface area (Å²) < 4.78 is 62.6. The minimum Gasteiger partial charge on any atom is -0.454 e. The van der Waals surface area contributed by atoms with Crippen LogP contribution >= 0.6 is 0 Å². The number of benzene rings is 3. The Morgan fingerprint density at radius 1 is 0.838 bits per heavy atom. The zero-order chi connectivity index (χ0) is 26.1. The average Bonchev–Trinajstić information content (AvgIpc) is 3.30. The molecule has 3 aromatic carbocycles. The average molecular weight is 569 g/mol. The second-order valence-corrected chi connectivity index (χ2v) is 12.7. The zero-order valence-electron chi connectivity index (χ0n) is 21.1. The third kappa shape index (κ3) is 7.23. The maximum absolute atomic E-state index is 13.4. The molecule has 37 heavy (non-hydrogen) atoms. The number of ether oxygens (including phenoxy) is 2. The van der Waals surface area contributed by atoms with Gasteiger partial charge in [-0.2, -0.15) is 0 Å². The van der Waals surface area contributed by atoms with Crippen LogP contribution in [0.5, 0.6) is 11.5 Å². The van der Waals surface area contributed by atoms with Crippen LogP contribution in [-0.4, -0.2) is 87.2 Å². The maximum Gasteiger partial charge on any atom is 0.264 e. The number of sulfone groups is 1. The van der Waals surface area contributed by atoms with Crippen molar-refractivity contribution < 1.29 is 31.1 Å². The summed E-state index contributed by atoms with van der Waals surface area (Å²) in [6, 6.07) is 17.6. The van der Waals surface area contributed by atoms with Gasteiger partial charge in [-0.3, -0.25) is 4.79 Å². The molecular formula is C26H27KNO7S2. The van der Waals surface area contributed by atoms with Gasteiger partial charge in [0.2, 0.25) is 12.7 Å². The predicted molar refractivity (Wildman–Crippen MR) is 140 cm³/mol. The summed E-state index contributed by atoms with van der Waals surface area (Å²) in [7, 11) is -7.50. The van der Waals surface area contributed by atoms with E-state index in [0.29, 0.717) is 22.6 Å². The van der Waals surface area contributed by atoms with Gasteiger partial charge in [-0.15, -0.1) is 0 Å². The van der Waals surface area contributed by atoms with E-state index in [2.05, 4.69) is 4.72 Å². The van der Waals surface area contributed by atoms with Crippen molar-refractivity contribution in [3.63, 3.8) is 0 Å². The molecule has 11 heteroatoms. The van der Waals surface area contributed by atoms with E-state index < -0.39 is 31.7 Å². The van der Waals surface area contributed by atoms with Crippen molar-refractivity contribution in [2.45, 2.75) is 41.9 Å². The fourth-order valence-electron chi connectivity index (χ4n) is 3.89. The number of hydrogen-bond donors (Lipinski definition) is 1. The molecule has 0 aromatic heterocycles. The third-order valence-corrected chi connectivity index (χ3v) is 8.49. The van der Waals surface area contributed by atoms with Crippen molar-refractivity contribution in [3.05, 3.63) is 83.4 Å². The molecular weight excluding hydrogens is 542 g/mol. The number of sulfonamides is 1. The molecule has 0 fully saturated rings. The minimum atomic E-state index is -4.12. The number of hydrogen-bond acceptors (Lipinski definition) is 7. The number of nitrogens with one attached hydrogen (secondary N) is 1. The van der Waals surface area contributed by atoms with E-state index in [0.717, 1.165) is 11.8 Å². The van der Waals surface area contributed by atoms with Crippen LogP contribution in [0.25, 0.3) is 0 Å². The standard InChI is InChI=1S/C26H27NO7S2.K/c1-17(2)19-6-11-22(12-7-19)36(31,32)27-26(28)23(20-8-13-24-25(15-20)34-16-33-24)14-18-4-9-21(10-5-18)35(3,29)30;/h4-13,15,17,23H,14,16H2,1-3H3,(H,27,28);. The molecule has 1 heterocycles. The van der Waals surface area contributed by atoms with Gasteiger partial charge in [-0.25, -0.2) is 21.6 Å². The number of fused-ring (bicyclic) bond motifs is 1. The van der Waals surface area contributed by atoms with Crippen LogP contribution in [0.4, 0.5) is 0 Å². The smallest absolute Gasteiger partial charge is 0.264 e. The zero-order valence-corrected chi connectivity index (χ0v) is 25.9. The fourth-order valence-corrected chi connectivity index (χ4v) is 5.54. The Morgan fingerprint density at radius 3 is 2.00 bits per heavy atom. The molecule has 1 amide bonds. The SMILES string of the molecule is CC(C)c1ccc(S(=O)(=O)NC(=O)C(Cc2ccc(S(C)(=O)=O)cc2)c2ccc3c(c2)OCO3)cc1.[K]. The van der Waals surface area contributed by atoms with Crippen LogP contribution in [0, 0.1) is 0 Å². The quantitative estimate of drug-likeness (QED) is 0.414. The Hall–Kier alpha value is -1.73. The third-order valence-electron chi connectivity index (χ3n) is 6.00. The normalized spacial score (nSPS) is 13.6. The summed E-state index contributed by atoms with van der Waals surface area (Å²) in [6.07, 6.45) is 1.25. The van der Waals surface area contributed by atoms with Crippen molar-refractivity contribution in [1.82, 2.24) is 4.72 Å². The predicted octanol–water partition coefficient (Wildman–Crippen LogP) is 3.39. The second-order valence-electron chi connectivity index (χ2n) is 8.98. The Balaban J connectivity index is 0.00000380. The van der Waals surface area contributed by atoms with E-state index in [1.165, 1.54) is 24.3 Å². The van der Waals surface area contributed by atoms with E-state index in [9.17, 15) is 21.6 Å². The number of rotatable bonds is 8. The fraction of sp³-hybridized carbons (Fsp3) is 0.269. The molecule has 1 radical (unpaired) electrons. The van der Waals surface area contributed by atoms with Crippen LogP contribution in [0.2, 0.25) is 0 Å². The van der Waals surface area contributed by atoms with Gasteiger partial charge < -0.3 is 9.47 Å². The molecule has 0 saturated heterocycles. The first kappa shape index (κ1) is 29.8. The summed E-state index contributed by atoms with van der Waals surface area (Å²) in [5.41, 5.74) is 2.18. The molecule has 1 atom stereocenters. The molecule has 3 aromatic rings. The first-order valence-electron chi connectivity index (χ1n) is 11.3. The molecule has 191 valence electrons. The number of amides is 1. The van der Waals surface area contributed by atoms with Crippen molar-refractivity contribution >= 4 is 77.2 Å². The molecule has 1 N–H and O–H groups in total. The molecule has 0 aliphatic carbocycles. The molecule has 1 unspecified atom stereocenters. The van der Waals surface area contributed by atoms with Gasteiger partial charge in [0, 0.05) is 57.6 Å². The van der Waals surface area contributed by atoms with Crippen LogP contribution < -0.4 is 14.2 Å². The van der Waals surface area contributed by atoms with Gasteiger partial charge >= 0.3 is 0 Å². The van der Waals surface area contributed by atoms with Crippen LogP contribution in [0.15, 0.2) is 76.5 Å². The van der Waals surface area contributed by atoms with Crippen molar-refractivity contribution in [2.75, 3.05) is 13.0 Å². The summed E-state index contributed by atoms with van der Waals surface area (Å²) >= 11 is 0. The first-order valence-corrected chi connectivity index (χ1v) is 14.7. The van der Waals surface area contributed by atoms with Crippen molar-refractivity contribution in [1.29, 1.82) is 0 Å². The van der Waals surface area contributed by atoms with Crippen molar-refractivity contribution in [3.8, 4) is 11.5 Å². The van der Waals surface area contributed by atoms with Crippen LogP contribution in [0.3, 0.4) is 0 Å². The van der Waals surface area contributed by atoms with Gasteiger partial charge in [0.25, 0.3) is 10.0 Å². The van der Waals surface area contributed by atoms with E-state index in [1.807, 2.05) is 13.8 Å². The monoisotopic (exact) mass is 568 g/mol. The topological polar surface area (TPSA) is 116 Å². The van der Waals surface area contributed by atoms with Gasteiger partial charge in [0.15, 0.2) is 21.3 Å². The largest absolute Gasteiger partial charge is 0.454 e. The molecule has 0 bridgehead atoms. The molecule has 1 aliphatic heterocycles. The molecule has 0 spiro atoms. The Kier molecular flexibility index (Phi) is 9.65. The molecule has 1 aliphatic rings. The number of carbonyl (C=O) groups excluding carboxylic acids is 1. The number of carbonyl (C=O) groups is 1. The Morgan fingerprint density at radius 2 is 1.41 bits per heavy atom. The summed E-state index contributed by atoms with van der Waals surface area (Å²) in [5.74, 6) is -0.374. The van der Waals surface area contributed by atoms with Gasteiger partial charge in [0.05, 0.1) is 15.7 Å². The van der Waals surface area contributed by atoms with Gasteiger partial charge in [-0.05, 0) is 65.4 Å². The summed E-state index contributed by atoms with van der Waals surface area (Å²) in [4.78, 5) is 13.5. The Bertz CT molecular complexity index is 1480. The van der Waals surface area contributed by atoms with E-state index >= 15 is 0 Å². The van der Waals surface area contributed by atoms with E-state index in [-0.39, 0.29) is 80.3 Å². The first-order chi connectivity index (χ1) is 16.9. The van der Waals surface area contributed by atoms with Crippen molar-refractivity contribution in [2.24, 2.45) is 0 Å². The Labute approximate surface area is 260 Å². The van der Waals surface area contributed by atoms with E-state index in [1.54, 1.807) is 42.5 Å². The van der Waals surface area contributed by atoms with Crippen LogP contribution in [0.1, 0.15) is 42.4 Å². The van der Waals surface area contributed by atoms with E-state index in [4.69, 9.17) is 9.47 Å². The van der Waals surface area contributed by atoms with Gasteiger partial charge in [0.1, 0.15) is 0 Å². The molecule has 0 saturated carbocycles. The molecule has 8 nitrogen and oxygen atoms in total. The minimum absolute atomic E-state index is 0. The second kappa shape index (κ2) is 12.0. The summed E-state index contributed by atoms with van der Waals surface area (Å²) in [5, 5.41) is 0. The summed E-state index contributed by atoms with van der Waals surface area (Å²) in [6.45, 7) is 4.07. The maximum atomic E-state index is 13.4. The van der Waals surface area contributed by atoms with Gasteiger partial charge in [-0.1, -0.05) is 44.2 Å².